The van der Waals surface area contributed by atoms with Crippen molar-refractivity contribution in [2.24, 2.45) is 17.3 Å². The number of hydrogen-bond donors (Lipinski definition) is 3. The molecule has 4 aliphatic carbocycles. The Morgan fingerprint density at radius 2 is 1.83 bits per heavy atom. The Balaban J connectivity index is 1.28. The highest BCUT2D eigenvalue weighted by molar-refractivity contribution is 5.93. The van der Waals surface area contributed by atoms with Crippen LogP contribution in [0.3, 0.4) is 0 Å². The first-order chi connectivity index (χ1) is 22.1. The molecular formula is C35H36F5N3O4. The van der Waals surface area contributed by atoms with Crippen molar-refractivity contribution < 1.29 is 41.2 Å². The van der Waals surface area contributed by atoms with E-state index in [-0.39, 0.29) is 31.1 Å². The molecule has 2 saturated carbocycles. The Morgan fingerprint density at radius 3 is 2.49 bits per heavy atom. The van der Waals surface area contributed by atoms with Gasteiger partial charge in [0.15, 0.2) is 11.5 Å². The number of aryl methyl sites for hydroxylation is 2. The fraction of sp³-hybridized carbons (Fsp3) is 0.514. The normalized spacial score (nSPS) is 28.8. The monoisotopic (exact) mass is 657 g/mol. The lowest BCUT2D eigenvalue weighted by Crippen LogP contribution is -2.65. The number of carbonyl (C=O) groups excluding carboxylic acids is 2. The summed E-state index contributed by atoms with van der Waals surface area (Å²) in [6, 6.07) is 6.60. The van der Waals surface area contributed by atoms with Gasteiger partial charge in [0.2, 0.25) is 0 Å². The number of amides is 2. The average Bonchev–Trinajstić information content (AvgIpc) is 3.48. The second-order valence-corrected chi connectivity index (χ2v) is 13.4. The summed E-state index contributed by atoms with van der Waals surface area (Å²) in [5.74, 6) is -0.334. The molecule has 1 aromatic carbocycles. The molecule has 5 atom stereocenters. The third-order valence-corrected chi connectivity index (χ3v) is 10.9. The molecule has 3 N–H and O–H groups in total. The molecule has 0 unspecified atom stereocenters. The summed E-state index contributed by atoms with van der Waals surface area (Å²) < 4.78 is 76.8. The Bertz CT molecular complexity index is 1710. The summed E-state index contributed by atoms with van der Waals surface area (Å²) in [7, 11) is 0. The first-order valence-corrected chi connectivity index (χ1v) is 15.8. The van der Waals surface area contributed by atoms with Crippen molar-refractivity contribution in [2.45, 2.75) is 89.3 Å². The van der Waals surface area contributed by atoms with Crippen molar-refractivity contribution in [2.75, 3.05) is 11.9 Å². The molecule has 250 valence electrons. The zero-order chi connectivity index (χ0) is 33.9. The van der Waals surface area contributed by atoms with Crippen LogP contribution in [0.1, 0.15) is 80.4 Å². The number of carbonyl (C=O) groups is 2. The second kappa shape index (κ2) is 11.6. The van der Waals surface area contributed by atoms with E-state index in [1.54, 1.807) is 44.2 Å². The van der Waals surface area contributed by atoms with Gasteiger partial charge in [-0.05, 0) is 99.1 Å². The first kappa shape index (κ1) is 32.9. The van der Waals surface area contributed by atoms with Gasteiger partial charge < -0.3 is 20.3 Å². The Labute approximate surface area is 269 Å². The number of nitrogens with one attached hydrogen (secondary N) is 2. The summed E-state index contributed by atoms with van der Waals surface area (Å²) in [4.78, 5) is 24.5. The highest BCUT2D eigenvalue weighted by atomic mass is 19.4. The zero-order valence-corrected chi connectivity index (χ0v) is 26.3. The number of hydrogen-bond acceptors (Lipinski definition) is 5. The van der Waals surface area contributed by atoms with Gasteiger partial charge in [-0.15, -0.1) is 0 Å². The molecule has 1 heterocycles. The molecule has 6 rings (SSSR count). The maximum Gasteiger partial charge on any atom is 0.456 e. The highest BCUT2D eigenvalue weighted by Crippen LogP contribution is 2.70. The quantitative estimate of drug-likeness (QED) is 0.237. The van der Waals surface area contributed by atoms with Gasteiger partial charge in [-0.1, -0.05) is 41.6 Å². The van der Waals surface area contributed by atoms with Crippen LogP contribution >= 0.6 is 0 Å². The number of halogens is 5. The molecule has 0 aliphatic heterocycles. The molecule has 0 saturated heterocycles. The number of fused-ring (bicyclic) bond motifs is 4. The first-order valence-electron chi connectivity index (χ1n) is 15.8. The topological polar surface area (TPSA) is 104 Å². The van der Waals surface area contributed by atoms with Crippen LogP contribution in [0, 0.1) is 42.9 Å². The third kappa shape index (κ3) is 5.36. The summed E-state index contributed by atoms with van der Waals surface area (Å²) in [6.07, 6.45) is -3.05. The predicted molar refractivity (Wildman–Crippen MR) is 163 cm³/mol. The standard InChI is InChI=1S/C35H36F5N3O4/c1-19-30(20(2)47-43-19)42-31(45)41-16-4-5-21-6-8-22(9-7-21)27-18-32(3)28(14-15-33(32,46)34(36,37)35(38,39)40)26-12-10-23-17-24(44)11-13-25(23)29(26)27/h6-9,17,26-28,46H,10-16,18H2,1-3H3,(H2,41,42,45)/t26-,27+,28-,32-,33-/m0/s1. The van der Waals surface area contributed by atoms with Gasteiger partial charge in [-0.25, -0.2) is 4.79 Å². The van der Waals surface area contributed by atoms with Crippen molar-refractivity contribution in [3.8, 4) is 11.8 Å². The zero-order valence-electron chi connectivity index (χ0n) is 26.3. The maximum absolute atomic E-state index is 15.2. The molecule has 12 heteroatoms. The van der Waals surface area contributed by atoms with E-state index < -0.39 is 47.4 Å². The molecular weight excluding hydrogens is 621 g/mol. The van der Waals surface area contributed by atoms with Gasteiger partial charge in [0.1, 0.15) is 17.0 Å². The van der Waals surface area contributed by atoms with E-state index in [1.807, 2.05) is 0 Å². The highest BCUT2D eigenvalue weighted by Gasteiger charge is 2.79. The number of ketones is 1. The molecule has 0 spiro atoms. The Hall–Kier alpha value is -3.98. The molecule has 47 heavy (non-hydrogen) atoms. The fourth-order valence-electron chi connectivity index (χ4n) is 8.60. The lowest BCUT2D eigenvalue weighted by Gasteiger charge is -2.56. The SMILES string of the molecule is Cc1noc(C)c1NC(=O)NCC#Cc1ccc([C@H]2C[C@@]3(C)[C@@H](CC[C@@]3(O)C(F)(F)C(F)(F)F)[C@@H]3CCC4=CC(=O)CCC4=C32)cc1. The summed E-state index contributed by atoms with van der Waals surface area (Å²) in [5, 5.41) is 20.5. The lowest BCUT2D eigenvalue weighted by atomic mass is 9.50. The molecule has 2 amide bonds. The van der Waals surface area contributed by atoms with Crippen molar-refractivity contribution in [3.63, 3.8) is 0 Å². The molecule has 1 aromatic heterocycles. The van der Waals surface area contributed by atoms with E-state index in [1.165, 1.54) is 6.92 Å². The van der Waals surface area contributed by atoms with Gasteiger partial charge in [-0.2, -0.15) is 22.0 Å². The summed E-state index contributed by atoms with van der Waals surface area (Å²) in [5.41, 5.74) is 0.316. The van der Waals surface area contributed by atoms with Crippen LogP contribution in [-0.2, 0) is 4.79 Å². The Kier molecular flexibility index (Phi) is 8.14. The summed E-state index contributed by atoms with van der Waals surface area (Å²) in [6.45, 7) is 4.82. The van der Waals surface area contributed by atoms with Crippen LogP contribution in [0.15, 0.2) is 51.6 Å². The van der Waals surface area contributed by atoms with Gasteiger partial charge in [0.05, 0.1) is 6.54 Å². The van der Waals surface area contributed by atoms with Crippen molar-refractivity contribution in [1.29, 1.82) is 0 Å². The van der Waals surface area contributed by atoms with Crippen molar-refractivity contribution >= 4 is 17.5 Å². The predicted octanol–water partition coefficient (Wildman–Crippen LogP) is 7.29. The largest absolute Gasteiger partial charge is 0.456 e. The second-order valence-electron chi connectivity index (χ2n) is 13.4. The number of alkyl halides is 5. The molecule has 7 nitrogen and oxygen atoms in total. The van der Waals surface area contributed by atoms with E-state index in [0.717, 1.165) is 22.3 Å². The van der Waals surface area contributed by atoms with E-state index >= 15 is 8.78 Å². The van der Waals surface area contributed by atoms with E-state index in [4.69, 9.17) is 4.52 Å². The molecule has 0 radical (unpaired) electrons. The van der Waals surface area contributed by atoms with E-state index in [2.05, 4.69) is 27.6 Å². The van der Waals surface area contributed by atoms with Crippen LogP contribution in [-0.4, -0.2) is 46.3 Å². The number of urea groups is 1. The van der Waals surface area contributed by atoms with Gasteiger partial charge in [-0.3, -0.25) is 4.79 Å². The minimum Gasteiger partial charge on any atom is -0.383 e. The molecule has 4 aliphatic rings. The van der Waals surface area contributed by atoms with Crippen LogP contribution in [0.5, 0.6) is 0 Å². The van der Waals surface area contributed by atoms with Crippen LogP contribution in [0.4, 0.5) is 32.4 Å². The number of allylic oxidation sites excluding steroid dienone is 4. The van der Waals surface area contributed by atoms with Crippen LogP contribution < -0.4 is 10.6 Å². The van der Waals surface area contributed by atoms with E-state index in [9.17, 15) is 27.9 Å². The van der Waals surface area contributed by atoms with Gasteiger partial charge in [0.25, 0.3) is 0 Å². The van der Waals surface area contributed by atoms with Crippen LogP contribution in [0.25, 0.3) is 0 Å². The number of aliphatic hydroxyl groups is 1. The van der Waals surface area contributed by atoms with Crippen molar-refractivity contribution in [3.05, 3.63) is 69.6 Å². The average molecular weight is 658 g/mol. The smallest absolute Gasteiger partial charge is 0.383 e. The Morgan fingerprint density at radius 1 is 1.11 bits per heavy atom. The van der Waals surface area contributed by atoms with E-state index in [0.29, 0.717) is 48.4 Å². The lowest BCUT2D eigenvalue weighted by molar-refractivity contribution is -0.362. The maximum atomic E-state index is 15.2. The van der Waals surface area contributed by atoms with Crippen LogP contribution in [0.2, 0.25) is 0 Å². The van der Waals surface area contributed by atoms with Crippen molar-refractivity contribution in [1.82, 2.24) is 10.5 Å². The fourth-order valence-corrected chi connectivity index (χ4v) is 8.60. The molecule has 2 aromatic rings. The number of anilines is 1. The minimum atomic E-state index is -5.90. The van der Waals surface area contributed by atoms with Gasteiger partial charge in [0, 0.05) is 23.3 Å². The number of benzene rings is 1. The molecule has 2 fully saturated rings. The summed E-state index contributed by atoms with van der Waals surface area (Å²) >= 11 is 0. The third-order valence-electron chi connectivity index (χ3n) is 10.9. The van der Waals surface area contributed by atoms with Gasteiger partial charge >= 0.3 is 18.1 Å². The molecule has 0 bridgehead atoms. The number of rotatable bonds is 4. The number of nitrogens with zero attached hydrogens (tertiary/aromatic N) is 1. The minimum absolute atomic E-state index is 0.0265. The number of aromatic nitrogens is 1.